The molecule has 0 saturated heterocycles. The highest BCUT2D eigenvalue weighted by Crippen LogP contribution is 2.26. The van der Waals surface area contributed by atoms with Gasteiger partial charge in [-0.25, -0.2) is 0 Å². The van der Waals surface area contributed by atoms with Gasteiger partial charge in [0, 0.05) is 17.4 Å². The van der Waals surface area contributed by atoms with E-state index in [0.29, 0.717) is 0 Å². The Kier molecular flexibility index (Phi) is 4.13. The minimum absolute atomic E-state index is 0.748. The van der Waals surface area contributed by atoms with Crippen LogP contribution in [0.2, 0.25) is 5.02 Å². The van der Waals surface area contributed by atoms with E-state index in [2.05, 4.69) is 23.2 Å². The second-order valence-electron chi connectivity index (χ2n) is 4.71. The van der Waals surface area contributed by atoms with Crippen LogP contribution in [0.1, 0.15) is 16.7 Å². The molecular weight excluding hydrogens is 278 g/mol. The van der Waals surface area contributed by atoms with E-state index in [4.69, 9.17) is 11.6 Å². The molecule has 3 aromatic rings. The van der Waals surface area contributed by atoms with Crippen LogP contribution in [-0.2, 0) is 0 Å². The molecule has 1 heterocycles. The van der Waals surface area contributed by atoms with Crippen molar-refractivity contribution in [1.82, 2.24) is 4.98 Å². The lowest BCUT2D eigenvalue weighted by Crippen LogP contribution is -1.88. The van der Waals surface area contributed by atoms with E-state index in [1.807, 2.05) is 67.0 Å². The second-order valence-corrected chi connectivity index (χ2v) is 5.15. The van der Waals surface area contributed by atoms with Gasteiger partial charge >= 0.3 is 0 Å². The second kappa shape index (κ2) is 6.38. The minimum Gasteiger partial charge on any atom is -0.265 e. The van der Waals surface area contributed by atoms with Crippen molar-refractivity contribution in [2.45, 2.75) is 0 Å². The molecule has 2 aromatic carbocycles. The van der Waals surface area contributed by atoms with Crippen molar-refractivity contribution in [1.29, 1.82) is 0 Å². The van der Waals surface area contributed by atoms with Crippen molar-refractivity contribution in [2.75, 3.05) is 0 Å². The maximum absolute atomic E-state index is 5.95. The number of hydrogen-bond acceptors (Lipinski definition) is 1. The molecule has 0 amide bonds. The van der Waals surface area contributed by atoms with Gasteiger partial charge in [0.15, 0.2) is 0 Å². The van der Waals surface area contributed by atoms with Crippen LogP contribution in [0.4, 0.5) is 0 Å². The zero-order valence-corrected chi connectivity index (χ0v) is 12.2. The number of rotatable bonds is 3. The third kappa shape index (κ3) is 3.39. The summed E-state index contributed by atoms with van der Waals surface area (Å²) in [5, 5.41) is 0.748. The van der Waals surface area contributed by atoms with E-state index in [-0.39, 0.29) is 0 Å². The Morgan fingerprint density at radius 2 is 1.38 bits per heavy atom. The Balaban J connectivity index is 2.10. The molecule has 1 nitrogen and oxygen atoms in total. The fraction of sp³-hybridized carbons (Fsp3) is 0. The molecule has 0 radical (unpaired) electrons. The fourth-order valence-electron chi connectivity index (χ4n) is 2.21. The fourth-order valence-corrected chi connectivity index (χ4v) is 2.33. The molecule has 0 fully saturated rings. The molecule has 0 atom stereocenters. The van der Waals surface area contributed by atoms with Crippen LogP contribution in [0.3, 0.4) is 0 Å². The summed E-state index contributed by atoms with van der Waals surface area (Å²) in [6.07, 6.45) is 5.79. The van der Waals surface area contributed by atoms with Crippen molar-refractivity contribution in [3.05, 3.63) is 101 Å². The third-order valence-corrected chi connectivity index (χ3v) is 3.51. The molecule has 2 heteroatoms. The summed E-state index contributed by atoms with van der Waals surface area (Å²) in [7, 11) is 0. The molecule has 0 bridgehead atoms. The summed E-state index contributed by atoms with van der Waals surface area (Å²) in [5.41, 5.74) is 4.61. The number of pyridine rings is 1. The van der Waals surface area contributed by atoms with Crippen molar-refractivity contribution >= 4 is 23.3 Å². The van der Waals surface area contributed by atoms with Crippen LogP contribution in [0, 0.1) is 0 Å². The quantitative estimate of drug-likeness (QED) is 0.595. The smallest absolute Gasteiger partial charge is 0.0406 e. The van der Waals surface area contributed by atoms with Gasteiger partial charge in [-0.3, -0.25) is 4.98 Å². The van der Waals surface area contributed by atoms with E-state index in [0.717, 1.165) is 16.1 Å². The number of benzene rings is 2. The largest absolute Gasteiger partial charge is 0.265 e. The molecule has 0 aliphatic carbocycles. The van der Waals surface area contributed by atoms with Gasteiger partial charge in [-0.2, -0.15) is 0 Å². The van der Waals surface area contributed by atoms with Crippen molar-refractivity contribution in [3.63, 3.8) is 0 Å². The molecule has 102 valence electrons. The van der Waals surface area contributed by atoms with Crippen LogP contribution < -0.4 is 0 Å². The summed E-state index contributed by atoms with van der Waals surface area (Å²) in [6, 6.07) is 22.2. The lowest BCUT2D eigenvalue weighted by molar-refractivity contribution is 1.32. The first kappa shape index (κ1) is 13.6. The van der Waals surface area contributed by atoms with Gasteiger partial charge in [0.1, 0.15) is 0 Å². The standard InChI is InChI=1S/C19H14ClN/c20-18-8-6-15(7-9-18)14-19(16-4-2-1-3-5-16)17-10-12-21-13-11-17/h1-14H/b19-14-. The number of nitrogens with zero attached hydrogens (tertiary/aromatic N) is 1. The highest BCUT2D eigenvalue weighted by molar-refractivity contribution is 6.30. The van der Waals surface area contributed by atoms with Gasteiger partial charge in [-0.15, -0.1) is 0 Å². The monoisotopic (exact) mass is 291 g/mol. The molecule has 0 N–H and O–H groups in total. The molecule has 0 aliphatic heterocycles. The van der Waals surface area contributed by atoms with E-state index in [1.165, 1.54) is 11.1 Å². The summed E-state index contributed by atoms with van der Waals surface area (Å²) < 4.78 is 0. The van der Waals surface area contributed by atoms with E-state index < -0.39 is 0 Å². The topological polar surface area (TPSA) is 12.9 Å². The molecule has 0 spiro atoms. The van der Waals surface area contributed by atoms with Crippen molar-refractivity contribution in [3.8, 4) is 0 Å². The molecule has 0 saturated carbocycles. The number of hydrogen-bond donors (Lipinski definition) is 0. The van der Waals surface area contributed by atoms with Gasteiger partial charge in [0.25, 0.3) is 0 Å². The lowest BCUT2D eigenvalue weighted by atomic mass is 9.96. The Hall–Kier alpha value is -2.38. The lowest BCUT2D eigenvalue weighted by Gasteiger charge is -2.08. The van der Waals surface area contributed by atoms with Crippen LogP contribution in [-0.4, -0.2) is 4.98 Å². The summed E-state index contributed by atoms with van der Waals surface area (Å²) in [4.78, 5) is 4.10. The Morgan fingerprint density at radius 1 is 0.762 bits per heavy atom. The highest BCUT2D eigenvalue weighted by Gasteiger charge is 2.04. The average molecular weight is 292 g/mol. The van der Waals surface area contributed by atoms with Gasteiger partial charge in [0.2, 0.25) is 0 Å². The maximum atomic E-state index is 5.95. The normalized spacial score (nSPS) is 11.4. The molecular formula is C19H14ClN. The van der Waals surface area contributed by atoms with Crippen LogP contribution >= 0.6 is 11.6 Å². The highest BCUT2D eigenvalue weighted by atomic mass is 35.5. The molecule has 21 heavy (non-hydrogen) atoms. The van der Waals surface area contributed by atoms with Gasteiger partial charge in [-0.1, -0.05) is 54.1 Å². The first-order chi connectivity index (χ1) is 10.3. The van der Waals surface area contributed by atoms with Gasteiger partial charge < -0.3 is 0 Å². The summed E-state index contributed by atoms with van der Waals surface area (Å²) >= 11 is 5.95. The van der Waals surface area contributed by atoms with Crippen molar-refractivity contribution in [2.24, 2.45) is 0 Å². The number of aromatic nitrogens is 1. The zero-order valence-electron chi connectivity index (χ0n) is 11.4. The predicted molar refractivity (Wildman–Crippen MR) is 89.1 cm³/mol. The summed E-state index contributed by atoms with van der Waals surface area (Å²) in [6.45, 7) is 0. The predicted octanol–water partition coefficient (Wildman–Crippen LogP) is 5.32. The Morgan fingerprint density at radius 3 is 2.05 bits per heavy atom. The van der Waals surface area contributed by atoms with Crippen LogP contribution in [0.25, 0.3) is 11.6 Å². The minimum atomic E-state index is 0.748. The van der Waals surface area contributed by atoms with E-state index in [1.54, 1.807) is 0 Å². The SMILES string of the molecule is Clc1ccc(/C=C(/c2ccccc2)c2ccncc2)cc1. The first-order valence-corrected chi connectivity index (χ1v) is 7.14. The Labute approximate surface area is 129 Å². The van der Waals surface area contributed by atoms with E-state index >= 15 is 0 Å². The Bertz CT molecular complexity index is 690. The van der Waals surface area contributed by atoms with Crippen LogP contribution in [0.15, 0.2) is 79.1 Å². The van der Waals surface area contributed by atoms with E-state index in [9.17, 15) is 0 Å². The maximum Gasteiger partial charge on any atom is 0.0406 e. The first-order valence-electron chi connectivity index (χ1n) is 6.76. The molecule has 0 unspecified atom stereocenters. The molecule has 0 aliphatic rings. The third-order valence-electron chi connectivity index (χ3n) is 3.26. The zero-order chi connectivity index (χ0) is 14.5. The van der Waals surface area contributed by atoms with Gasteiger partial charge in [0.05, 0.1) is 0 Å². The van der Waals surface area contributed by atoms with Gasteiger partial charge in [-0.05, 0) is 52.6 Å². The van der Waals surface area contributed by atoms with Crippen LogP contribution in [0.5, 0.6) is 0 Å². The average Bonchev–Trinajstić information content (AvgIpc) is 2.56. The molecule has 3 rings (SSSR count). The van der Waals surface area contributed by atoms with Crippen molar-refractivity contribution < 1.29 is 0 Å². The summed E-state index contributed by atoms with van der Waals surface area (Å²) in [5.74, 6) is 0. The molecule has 1 aromatic heterocycles. The number of halogens is 1.